The Kier molecular flexibility index (Phi) is 8.30. The minimum absolute atomic E-state index is 0.220. The summed E-state index contributed by atoms with van der Waals surface area (Å²) in [4.78, 5) is 11.0. The minimum Gasteiger partial charge on any atom is -0.463 e. The Balaban J connectivity index is 3.84. The molecule has 0 spiro atoms. The Labute approximate surface area is 87.3 Å². The Hall–Kier alpha value is -0.790. The summed E-state index contributed by atoms with van der Waals surface area (Å²) in [5.74, 6) is 0.307. The van der Waals surface area contributed by atoms with E-state index in [1.54, 1.807) is 6.08 Å². The van der Waals surface area contributed by atoms with E-state index in [4.69, 9.17) is 4.74 Å². The van der Waals surface area contributed by atoms with Crippen LogP contribution in [0.4, 0.5) is 0 Å². The number of rotatable bonds is 7. The predicted octanol–water partition coefficient (Wildman–Crippen LogP) is 3.32. The SMILES string of the molecule is CCCCC(/C=C/C(=O)OCC)CC. The molecule has 1 atom stereocenters. The van der Waals surface area contributed by atoms with Gasteiger partial charge in [0.1, 0.15) is 0 Å². The second-order valence-corrected chi connectivity index (χ2v) is 3.42. The van der Waals surface area contributed by atoms with Crippen LogP contribution in [0.5, 0.6) is 0 Å². The van der Waals surface area contributed by atoms with Crippen molar-refractivity contribution in [1.29, 1.82) is 0 Å². The minimum atomic E-state index is -0.220. The molecule has 0 radical (unpaired) electrons. The quantitative estimate of drug-likeness (QED) is 0.463. The number of hydrogen-bond donors (Lipinski definition) is 0. The first-order valence-electron chi connectivity index (χ1n) is 5.59. The average Bonchev–Trinajstić information content (AvgIpc) is 2.19. The Morgan fingerprint density at radius 1 is 1.36 bits per heavy atom. The number of hydrogen-bond acceptors (Lipinski definition) is 2. The lowest BCUT2D eigenvalue weighted by Gasteiger charge is -2.07. The third kappa shape index (κ3) is 6.70. The highest BCUT2D eigenvalue weighted by molar-refractivity contribution is 5.81. The van der Waals surface area contributed by atoms with Crippen LogP contribution in [0, 0.1) is 5.92 Å². The van der Waals surface area contributed by atoms with Crippen LogP contribution in [-0.2, 0) is 9.53 Å². The molecule has 1 unspecified atom stereocenters. The molecule has 0 amide bonds. The summed E-state index contributed by atoms with van der Waals surface area (Å²) in [6, 6.07) is 0. The van der Waals surface area contributed by atoms with Gasteiger partial charge in [0.25, 0.3) is 0 Å². The largest absolute Gasteiger partial charge is 0.463 e. The van der Waals surface area contributed by atoms with E-state index >= 15 is 0 Å². The number of ether oxygens (including phenoxy) is 1. The zero-order valence-corrected chi connectivity index (χ0v) is 9.58. The fourth-order valence-corrected chi connectivity index (χ4v) is 1.31. The summed E-state index contributed by atoms with van der Waals surface area (Å²) in [5.41, 5.74) is 0. The fraction of sp³-hybridized carbons (Fsp3) is 0.750. The number of carbonyl (C=O) groups is 1. The maximum Gasteiger partial charge on any atom is 0.330 e. The molecule has 82 valence electrons. The maximum absolute atomic E-state index is 11.0. The Morgan fingerprint density at radius 2 is 2.07 bits per heavy atom. The molecule has 0 saturated carbocycles. The van der Waals surface area contributed by atoms with E-state index in [0.29, 0.717) is 12.5 Å². The third-order valence-electron chi connectivity index (χ3n) is 2.24. The number of unbranched alkanes of at least 4 members (excludes halogenated alkanes) is 1. The van der Waals surface area contributed by atoms with E-state index in [1.807, 2.05) is 13.0 Å². The van der Waals surface area contributed by atoms with Gasteiger partial charge in [-0.05, 0) is 25.7 Å². The van der Waals surface area contributed by atoms with Crippen molar-refractivity contribution >= 4 is 5.97 Å². The van der Waals surface area contributed by atoms with E-state index in [0.717, 1.165) is 6.42 Å². The number of allylic oxidation sites excluding steroid dienone is 1. The van der Waals surface area contributed by atoms with Gasteiger partial charge in [0, 0.05) is 6.08 Å². The second-order valence-electron chi connectivity index (χ2n) is 3.42. The van der Waals surface area contributed by atoms with Crippen LogP contribution < -0.4 is 0 Å². The van der Waals surface area contributed by atoms with Crippen LogP contribution >= 0.6 is 0 Å². The molecule has 0 rings (SSSR count). The molecule has 0 aromatic carbocycles. The monoisotopic (exact) mass is 198 g/mol. The van der Waals surface area contributed by atoms with Gasteiger partial charge in [-0.25, -0.2) is 4.79 Å². The third-order valence-corrected chi connectivity index (χ3v) is 2.24. The molecule has 0 saturated heterocycles. The molecule has 0 aliphatic heterocycles. The maximum atomic E-state index is 11.0. The molecule has 2 nitrogen and oxygen atoms in total. The zero-order chi connectivity index (χ0) is 10.8. The van der Waals surface area contributed by atoms with Gasteiger partial charge in [-0.15, -0.1) is 0 Å². The standard InChI is InChI=1S/C12H22O2/c1-4-7-8-11(5-2)9-10-12(13)14-6-3/h9-11H,4-8H2,1-3H3/b10-9+. The van der Waals surface area contributed by atoms with Crippen LogP contribution in [0.1, 0.15) is 46.5 Å². The molecular weight excluding hydrogens is 176 g/mol. The highest BCUT2D eigenvalue weighted by Crippen LogP contribution is 2.13. The summed E-state index contributed by atoms with van der Waals surface area (Å²) < 4.78 is 4.82. The number of carbonyl (C=O) groups excluding carboxylic acids is 1. The Morgan fingerprint density at radius 3 is 2.57 bits per heavy atom. The molecule has 0 aromatic heterocycles. The van der Waals surface area contributed by atoms with Gasteiger partial charge in [0.05, 0.1) is 6.61 Å². The summed E-state index contributed by atoms with van der Waals surface area (Å²) in [6.45, 7) is 6.60. The molecule has 0 aliphatic rings. The van der Waals surface area contributed by atoms with Crippen molar-refractivity contribution < 1.29 is 9.53 Å². The molecule has 0 N–H and O–H groups in total. The van der Waals surface area contributed by atoms with Gasteiger partial charge >= 0.3 is 5.97 Å². The van der Waals surface area contributed by atoms with Crippen LogP contribution in [0.2, 0.25) is 0 Å². The first kappa shape index (κ1) is 13.2. The lowest BCUT2D eigenvalue weighted by atomic mass is 9.99. The predicted molar refractivity (Wildman–Crippen MR) is 59.1 cm³/mol. The molecule has 14 heavy (non-hydrogen) atoms. The molecular formula is C12H22O2. The van der Waals surface area contributed by atoms with Crippen LogP contribution in [0.3, 0.4) is 0 Å². The first-order valence-corrected chi connectivity index (χ1v) is 5.59. The van der Waals surface area contributed by atoms with Crippen molar-refractivity contribution in [2.75, 3.05) is 6.61 Å². The molecule has 0 aliphatic carbocycles. The van der Waals surface area contributed by atoms with Gasteiger partial charge < -0.3 is 4.74 Å². The van der Waals surface area contributed by atoms with E-state index in [2.05, 4.69) is 13.8 Å². The van der Waals surface area contributed by atoms with Crippen molar-refractivity contribution in [1.82, 2.24) is 0 Å². The number of esters is 1. The second kappa shape index (κ2) is 8.79. The van der Waals surface area contributed by atoms with Crippen LogP contribution in [0.25, 0.3) is 0 Å². The highest BCUT2D eigenvalue weighted by atomic mass is 16.5. The lowest BCUT2D eigenvalue weighted by Crippen LogP contribution is -2.01. The summed E-state index contributed by atoms with van der Waals surface area (Å²) in [7, 11) is 0. The summed E-state index contributed by atoms with van der Waals surface area (Å²) in [6.07, 6.45) is 8.25. The molecule has 2 heteroatoms. The smallest absolute Gasteiger partial charge is 0.330 e. The van der Waals surface area contributed by atoms with Gasteiger partial charge in [-0.3, -0.25) is 0 Å². The zero-order valence-electron chi connectivity index (χ0n) is 9.58. The van der Waals surface area contributed by atoms with Gasteiger partial charge in [0.2, 0.25) is 0 Å². The molecule has 0 bridgehead atoms. The lowest BCUT2D eigenvalue weighted by molar-refractivity contribution is -0.137. The van der Waals surface area contributed by atoms with Crippen molar-refractivity contribution in [3.63, 3.8) is 0 Å². The van der Waals surface area contributed by atoms with Gasteiger partial charge in [-0.2, -0.15) is 0 Å². The van der Waals surface area contributed by atoms with Crippen molar-refractivity contribution in [3.8, 4) is 0 Å². The van der Waals surface area contributed by atoms with Gasteiger partial charge in [0.15, 0.2) is 0 Å². The van der Waals surface area contributed by atoms with Crippen molar-refractivity contribution in [2.45, 2.75) is 46.5 Å². The fourth-order valence-electron chi connectivity index (χ4n) is 1.31. The van der Waals surface area contributed by atoms with Gasteiger partial charge in [-0.1, -0.05) is 32.8 Å². The normalized spacial score (nSPS) is 13.1. The molecule has 0 aromatic rings. The first-order chi connectivity index (χ1) is 6.74. The highest BCUT2D eigenvalue weighted by Gasteiger charge is 2.02. The van der Waals surface area contributed by atoms with E-state index in [-0.39, 0.29) is 5.97 Å². The van der Waals surface area contributed by atoms with E-state index in [1.165, 1.54) is 19.3 Å². The topological polar surface area (TPSA) is 26.3 Å². The average molecular weight is 198 g/mol. The summed E-state index contributed by atoms with van der Waals surface area (Å²) in [5, 5.41) is 0. The van der Waals surface area contributed by atoms with Crippen molar-refractivity contribution in [2.24, 2.45) is 5.92 Å². The van der Waals surface area contributed by atoms with E-state index in [9.17, 15) is 4.79 Å². The molecule has 0 heterocycles. The van der Waals surface area contributed by atoms with E-state index < -0.39 is 0 Å². The van der Waals surface area contributed by atoms with Crippen molar-refractivity contribution in [3.05, 3.63) is 12.2 Å². The van der Waals surface area contributed by atoms with Crippen LogP contribution in [-0.4, -0.2) is 12.6 Å². The Bertz CT molecular complexity index is 173. The van der Waals surface area contributed by atoms with Crippen LogP contribution in [0.15, 0.2) is 12.2 Å². The summed E-state index contributed by atoms with van der Waals surface area (Å²) >= 11 is 0. The molecule has 0 fully saturated rings.